The summed E-state index contributed by atoms with van der Waals surface area (Å²) in [5.74, 6) is 2.51. The number of rotatable bonds is 10. The van der Waals surface area contributed by atoms with Crippen LogP contribution in [-0.4, -0.2) is 26.4 Å². The second kappa shape index (κ2) is 9.80. The Morgan fingerprint density at radius 3 is 1.04 bits per heavy atom. The van der Waals surface area contributed by atoms with Gasteiger partial charge in [-0.1, -0.05) is 0 Å². The second-order valence-electron chi connectivity index (χ2n) is 5.92. The van der Waals surface area contributed by atoms with E-state index in [2.05, 4.69) is 0 Å². The number of hydrogen-bond acceptors (Lipinski definition) is 6. The van der Waals surface area contributed by atoms with Crippen LogP contribution in [0.2, 0.25) is 0 Å². The van der Waals surface area contributed by atoms with Crippen LogP contribution in [0.25, 0.3) is 0 Å². The summed E-state index contributed by atoms with van der Waals surface area (Å²) in [6.45, 7) is 9.83. The fourth-order valence-electron chi connectivity index (χ4n) is 2.85. The lowest BCUT2D eigenvalue weighted by Crippen LogP contribution is -2.05. The van der Waals surface area contributed by atoms with Crippen molar-refractivity contribution in [3.8, 4) is 23.0 Å². The molecule has 2 rings (SSSR count). The highest BCUT2D eigenvalue weighted by atomic mass is 16.5. The molecule has 0 atom stereocenters. The van der Waals surface area contributed by atoms with Gasteiger partial charge in [0, 0.05) is 0 Å². The minimum absolute atomic E-state index is 0.518. The highest BCUT2D eigenvalue weighted by Gasteiger charge is 2.14. The number of benzene rings is 2. The molecule has 0 amide bonds. The first-order valence-electron chi connectivity index (χ1n) is 9.39. The number of ether oxygens (including phenoxy) is 4. The molecule has 0 heterocycles. The smallest absolute Gasteiger partial charge is 0.146 e. The van der Waals surface area contributed by atoms with Crippen LogP contribution < -0.4 is 30.4 Å². The summed E-state index contributed by atoms with van der Waals surface area (Å²) in [7, 11) is 0. The van der Waals surface area contributed by atoms with Gasteiger partial charge in [-0.3, -0.25) is 0 Å². The summed E-state index contributed by atoms with van der Waals surface area (Å²) >= 11 is 0. The minimum Gasteiger partial charge on any atom is -0.492 e. The zero-order chi connectivity index (χ0) is 19.8. The Morgan fingerprint density at radius 1 is 0.556 bits per heavy atom. The molecule has 2 aromatic rings. The third-order valence-corrected chi connectivity index (χ3v) is 3.94. The average molecular weight is 374 g/mol. The van der Waals surface area contributed by atoms with Crippen molar-refractivity contribution in [3.63, 3.8) is 0 Å². The van der Waals surface area contributed by atoms with Gasteiger partial charge in [-0.05, 0) is 69.5 Å². The quantitative estimate of drug-likeness (QED) is 0.610. The summed E-state index contributed by atoms with van der Waals surface area (Å²) in [5.41, 5.74) is 15.4. The summed E-state index contributed by atoms with van der Waals surface area (Å²) < 4.78 is 22.7. The van der Waals surface area contributed by atoms with E-state index in [1.165, 1.54) is 0 Å². The summed E-state index contributed by atoms with van der Waals surface area (Å²) in [5, 5.41) is 0. The summed E-state index contributed by atoms with van der Waals surface area (Å²) in [6, 6.07) is 7.77. The molecule has 0 fully saturated rings. The van der Waals surface area contributed by atoms with Crippen LogP contribution in [0, 0.1) is 0 Å². The molecule has 0 aliphatic rings. The molecule has 27 heavy (non-hydrogen) atoms. The number of nitrogens with two attached hydrogens (primary N) is 2. The van der Waals surface area contributed by atoms with E-state index >= 15 is 0 Å². The van der Waals surface area contributed by atoms with Gasteiger partial charge in [-0.2, -0.15) is 0 Å². The molecule has 0 aromatic heterocycles. The molecule has 148 valence electrons. The highest BCUT2D eigenvalue weighted by Crippen LogP contribution is 2.37. The lowest BCUT2D eigenvalue weighted by Gasteiger charge is -2.16. The predicted octanol–water partition coefficient (Wildman–Crippen LogP) is 4.04. The van der Waals surface area contributed by atoms with Gasteiger partial charge < -0.3 is 30.4 Å². The maximum Gasteiger partial charge on any atom is 0.146 e. The molecule has 6 nitrogen and oxygen atoms in total. The maximum atomic E-state index is 6.16. The molecule has 0 spiro atoms. The van der Waals surface area contributed by atoms with Crippen LogP contribution in [0.3, 0.4) is 0 Å². The third kappa shape index (κ3) is 5.12. The van der Waals surface area contributed by atoms with Crippen LogP contribution >= 0.6 is 0 Å². The molecular weight excluding hydrogens is 344 g/mol. The normalized spacial score (nSPS) is 10.5. The van der Waals surface area contributed by atoms with Gasteiger partial charge in [0.15, 0.2) is 0 Å². The van der Waals surface area contributed by atoms with Crippen molar-refractivity contribution in [1.82, 2.24) is 0 Å². The largest absolute Gasteiger partial charge is 0.492 e. The lowest BCUT2D eigenvalue weighted by atomic mass is 10.0. The fraction of sp³-hybridized carbons (Fsp3) is 0.429. The Morgan fingerprint density at radius 2 is 0.815 bits per heavy atom. The monoisotopic (exact) mass is 374 g/mol. The van der Waals surface area contributed by atoms with Crippen molar-refractivity contribution in [3.05, 3.63) is 35.4 Å². The summed E-state index contributed by atoms with van der Waals surface area (Å²) in [6.07, 6.45) is 0.640. The number of anilines is 2. The molecule has 0 unspecified atom stereocenters. The van der Waals surface area contributed by atoms with Gasteiger partial charge in [-0.15, -0.1) is 0 Å². The zero-order valence-electron chi connectivity index (χ0n) is 16.6. The molecule has 0 saturated heterocycles. The third-order valence-electron chi connectivity index (χ3n) is 3.94. The predicted molar refractivity (Wildman–Crippen MR) is 109 cm³/mol. The van der Waals surface area contributed by atoms with E-state index in [0.717, 1.165) is 11.1 Å². The standard InChI is InChI=1S/C21H30N2O4/c1-5-24-16-10-14(11-17(20(16)22)25-6-2)9-15-12-18(26-7-3)21(23)19(13-15)27-8-4/h10-13H,5-9,22-23H2,1-4H3. The highest BCUT2D eigenvalue weighted by molar-refractivity contribution is 5.66. The number of hydrogen-bond donors (Lipinski definition) is 2. The molecule has 0 aliphatic heterocycles. The molecule has 0 radical (unpaired) electrons. The van der Waals surface area contributed by atoms with Crippen molar-refractivity contribution >= 4 is 11.4 Å². The molecule has 0 saturated carbocycles. The van der Waals surface area contributed by atoms with E-state index in [0.29, 0.717) is 67.2 Å². The SMILES string of the molecule is CCOc1cc(Cc2cc(OCC)c(N)c(OCC)c2)cc(OCC)c1N. The first-order chi connectivity index (χ1) is 13.0. The Hall–Kier alpha value is -2.76. The maximum absolute atomic E-state index is 6.16. The lowest BCUT2D eigenvalue weighted by molar-refractivity contribution is 0.325. The van der Waals surface area contributed by atoms with E-state index in [4.69, 9.17) is 30.4 Å². The van der Waals surface area contributed by atoms with Gasteiger partial charge in [0.2, 0.25) is 0 Å². The van der Waals surface area contributed by atoms with E-state index in [1.807, 2.05) is 52.0 Å². The molecular formula is C21H30N2O4. The molecule has 6 heteroatoms. The van der Waals surface area contributed by atoms with E-state index in [9.17, 15) is 0 Å². The molecule has 4 N–H and O–H groups in total. The van der Waals surface area contributed by atoms with Crippen molar-refractivity contribution in [1.29, 1.82) is 0 Å². The van der Waals surface area contributed by atoms with Crippen molar-refractivity contribution in [2.24, 2.45) is 0 Å². The topological polar surface area (TPSA) is 89.0 Å². The molecule has 2 aromatic carbocycles. The van der Waals surface area contributed by atoms with Gasteiger partial charge in [-0.25, -0.2) is 0 Å². The van der Waals surface area contributed by atoms with E-state index in [-0.39, 0.29) is 0 Å². The Bertz CT molecular complexity index is 644. The Kier molecular flexibility index (Phi) is 7.46. The van der Waals surface area contributed by atoms with E-state index in [1.54, 1.807) is 0 Å². The molecule has 0 bridgehead atoms. The average Bonchev–Trinajstić information content (AvgIpc) is 2.63. The van der Waals surface area contributed by atoms with Crippen LogP contribution in [-0.2, 0) is 6.42 Å². The zero-order valence-corrected chi connectivity index (χ0v) is 16.6. The number of nitrogen functional groups attached to an aromatic ring is 2. The van der Waals surface area contributed by atoms with Gasteiger partial charge in [0.1, 0.15) is 34.4 Å². The Balaban J connectivity index is 2.42. The van der Waals surface area contributed by atoms with Crippen LogP contribution in [0.4, 0.5) is 11.4 Å². The van der Waals surface area contributed by atoms with Gasteiger partial charge >= 0.3 is 0 Å². The summed E-state index contributed by atoms with van der Waals surface area (Å²) in [4.78, 5) is 0. The minimum atomic E-state index is 0.518. The second-order valence-corrected chi connectivity index (χ2v) is 5.92. The van der Waals surface area contributed by atoms with Gasteiger partial charge in [0.25, 0.3) is 0 Å². The van der Waals surface area contributed by atoms with Crippen molar-refractivity contribution < 1.29 is 18.9 Å². The van der Waals surface area contributed by atoms with Crippen molar-refractivity contribution in [2.45, 2.75) is 34.1 Å². The Labute approximate surface area is 161 Å². The van der Waals surface area contributed by atoms with Crippen molar-refractivity contribution in [2.75, 3.05) is 37.9 Å². The van der Waals surface area contributed by atoms with Gasteiger partial charge in [0.05, 0.1) is 26.4 Å². The fourth-order valence-corrected chi connectivity index (χ4v) is 2.85. The first kappa shape index (κ1) is 20.6. The van der Waals surface area contributed by atoms with Crippen LogP contribution in [0.5, 0.6) is 23.0 Å². The van der Waals surface area contributed by atoms with E-state index < -0.39 is 0 Å². The molecule has 0 aliphatic carbocycles. The van der Waals surface area contributed by atoms with Crippen LogP contribution in [0.15, 0.2) is 24.3 Å². The first-order valence-corrected chi connectivity index (χ1v) is 9.39. The van der Waals surface area contributed by atoms with Crippen LogP contribution in [0.1, 0.15) is 38.8 Å².